The average Bonchev–Trinajstić information content (AvgIpc) is 3.19. The monoisotopic (exact) mass is 493 g/mol. The van der Waals surface area contributed by atoms with Crippen molar-refractivity contribution < 1.29 is 24.1 Å². The predicted octanol–water partition coefficient (Wildman–Crippen LogP) is 4.65. The molecule has 5 rings (SSSR count). The first-order valence-corrected chi connectivity index (χ1v) is 13.3. The molecule has 2 aliphatic carbocycles. The van der Waals surface area contributed by atoms with Crippen molar-refractivity contribution in [1.29, 1.82) is 0 Å². The molecule has 6 nitrogen and oxygen atoms in total. The normalized spacial score (nSPS) is 29.6. The third kappa shape index (κ3) is 4.98. The highest BCUT2D eigenvalue weighted by atomic mass is 16.5. The second-order valence-electron chi connectivity index (χ2n) is 11.1. The van der Waals surface area contributed by atoms with Crippen LogP contribution in [0.15, 0.2) is 48.5 Å². The number of carbonyl (C=O) groups is 1. The Balaban J connectivity index is 1.26. The van der Waals surface area contributed by atoms with Crippen LogP contribution in [-0.2, 0) is 16.1 Å². The fourth-order valence-corrected chi connectivity index (χ4v) is 6.46. The van der Waals surface area contributed by atoms with E-state index < -0.39 is 11.5 Å². The fraction of sp³-hybridized carbons (Fsp3) is 0.567. The topological polar surface area (TPSA) is 68.2 Å². The van der Waals surface area contributed by atoms with Gasteiger partial charge in [0.25, 0.3) is 0 Å². The van der Waals surface area contributed by atoms with Crippen molar-refractivity contribution in [2.24, 2.45) is 23.2 Å². The second-order valence-corrected chi connectivity index (χ2v) is 11.1. The molecule has 4 unspecified atom stereocenters. The summed E-state index contributed by atoms with van der Waals surface area (Å²) < 4.78 is 17.6. The van der Waals surface area contributed by atoms with Gasteiger partial charge in [-0.1, -0.05) is 49.7 Å². The number of hydrogen-bond acceptors (Lipinski definition) is 5. The van der Waals surface area contributed by atoms with Gasteiger partial charge in [0.05, 0.1) is 26.4 Å². The minimum Gasteiger partial charge on any atom is -0.493 e. The number of amides is 1. The van der Waals surface area contributed by atoms with Crippen LogP contribution in [0.25, 0.3) is 0 Å². The van der Waals surface area contributed by atoms with Gasteiger partial charge in [0.1, 0.15) is 6.61 Å². The molecule has 2 aromatic rings. The van der Waals surface area contributed by atoms with E-state index in [0.717, 1.165) is 41.1 Å². The molecule has 3 fully saturated rings. The maximum absolute atomic E-state index is 13.0. The van der Waals surface area contributed by atoms with E-state index in [1.165, 1.54) is 19.3 Å². The summed E-state index contributed by atoms with van der Waals surface area (Å²) in [4.78, 5) is 14.9. The number of aliphatic hydroxyl groups excluding tert-OH is 1. The molecule has 0 radical (unpaired) electrons. The molecule has 2 aromatic carbocycles. The molecule has 0 bridgehead atoms. The maximum atomic E-state index is 13.0. The molecule has 6 heteroatoms. The van der Waals surface area contributed by atoms with E-state index in [9.17, 15) is 9.90 Å². The van der Waals surface area contributed by atoms with Crippen molar-refractivity contribution in [3.8, 4) is 11.5 Å². The van der Waals surface area contributed by atoms with Crippen LogP contribution in [0.4, 0.5) is 0 Å². The average molecular weight is 494 g/mol. The Morgan fingerprint density at radius 1 is 1.14 bits per heavy atom. The lowest BCUT2D eigenvalue weighted by molar-refractivity contribution is -0.136. The molecular formula is C30H39NO5. The van der Waals surface area contributed by atoms with Crippen molar-refractivity contribution in [2.45, 2.75) is 51.7 Å². The number of rotatable bonds is 10. The number of benzene rings is 2. The molecule has 2 saturated carbocycles. The molecule has 3 aliphatic rings. The molecule has 36 heavy (non-hydrogen) atoms. The van der Waals surface area contributed by atoms with Crippen LogP contribution in [0, 0.1) is 23.2 Å². The van der Waals surface area contributed by atoms with E-state index in [1.807, 2.05) is 54.3 Å². The quantitative estimate of drug-likeness (QED) is 0.522. The molecule has 1 amide bonds. The third-order valence-electron chi connectivity index (χ3n) is 8.98. The zero-order valence-corrected chi connectivity index (χ0v) is 21.7. The predicted molar refractivity (Wildman–Crippen MR) is 138 cm³/mol. The van der Waals surface area contributed by atoms with Crippen molar-refractivity contribution in [2.75, 3.05) is 33.4 Å². The number of likely N-dealkylation sites (tertiary alicyclic amines) is 1. The van der Waals surface area contributed by atoms with Gasteiger partial charge in [-0.05, 0) is 60.8 Å². The van der Waals surface area contributed by atoms with Crippen LogP contribution >= 0.6 is 0 Å². The summed E-state index contributed by atoms with van der Waals surface area (Å²) in [6.07, 6.45) is 3.45. The second kappa shape index (κ2) is 10.4. The number of hydrogen-bond donors (Lipinski definition) is 1. The van der Waals surface area contributed by atoms with Crippen LogP contribution in [-0.4, -0.2) is 55.4 Å². The van der Waals surface area contributed by atoms with Crippen molar-refractivity contribution >= 4 is 5.91 Å². The lowest BCUT2D eigenvalue weighted by Gasteiger charge is -2.33. The van der Waals surface area contributed by atoms with Gasteiger partial charge in [0, 0.05) is 24.4 Å². The molecular weight excluding hydrogens is 454 g/mol. The van der Waals surface area contributed by atoms with Gasteiger partial charge in [-0.3, -0.25) is 4.79 Å². The van der Waals surface area contributed by atoms with E-state index in [2.05, 4.69) is 13.0 Å². The van der Waals surface area contributed by atoms with E-state index in [-0.39, 0.29) is 18.4 Å². The largest absolute Gasteiger partial charge is 0.493 e. The minimum atomic E-state index is -0.581. The third-order valence-corrected chi connectivity index (χ3v) is 8.98. The summed E-state index contributed by atoms with van der Waals surface area (Å²) >= 11 is 0. The first-order chi connectivity index (χ1) is 17.4. The summed E-state index contributed by atoms with van der Waals surface area (Å²) in [5, 5.41) is 10.8. The van der Waals surface area contributed by atoms with Crippen LogP contribution in [0.3, 0.4) is 0 Å². The van der Waals surface area contributed by atoms with E-state index in [1.54, 1.807) is 7.11 Å². The molecule has 1 heterocycles. The molecule has 5 atom stereocenters. The highest BCUT2D eigenvalue weighted by molar-refractivity contribution is 5.78. The minimum absolute atomic E-state index is 0.0239. The molecule has 1 aliphatic heterocycles. The lowest BCUT2D eigenvalue weighted by atomic mass is 9.72. The Kier molecular flexibility index (Phi) is 7.27. The van der Waals surface area contributed by atoms with Crippen LogP contribution in [0.2, 0.25) is 0 Å². The van der Waals surface area contributed by atoms with E-state index in [0.29, 0.717) is 25.6 Å². The number of fused-ring (bicyclic) bond motifs is 1. The number of aliphatic hydroxyl groups is 1. The fourth-order valence-electron chi connectivity index (χ4n) is 6.46. The van der Waals surface area contributed by atoms with Crippen molar-refractivity contribution in [3.05, 3.63) is 59.7 Å². The lowest BCUT2D eigenvalue weighted by Crippen LogP contribution is -2.38. The van der Waals surface area contributed by atoms with Gasteiger partial charge in [0.2, 0.25) is 5.91 Å². The number of carbonyl (C=O) groups excluding carboxylic acids is 1. The summed E-state index contributed by atoms with van der Waals surface area (Å²) in [6.45, 7) is 6.06. The number of ether oxygens (including phenoxy) is 3. The van der Waals surface area contributed by atoms with Gasteiger partial charge in [0.15, 0.2) is 11.5 Å². The van der Waals surface area contributed by atoms with Crippen molar-refractivity contribution in [1.82, 2.24) is 4.90 Å². The van der Waals surface area contributed by atoms with Gasteiger partial charge < -0.3 is 24.2 Å². The van der Waals surface area contributed by atoms with Gasteiger partial charge >= 0.3 is 0 Å². The highest BCUT2D eigenvalue weighted by Crippen LogP contribution is 2.57. The van der Waals surface area contributed by atoms with E-state index >= 15 is 0 Å². The Bertz CT molecular complexity index is 1050. The maximum Gasteiger partial charge on any atom is 0.248 e. The number of methoxy groups -OCH3 is 1. The Hall–Kier alpha value is -2.57. The van der Waals surface area contributed by atoms with Gasteiger partial charge in [-0.25, -0.2) is 0 Å². The Labute approximate surface area is 214 Å². The van der Waals surface area contributed by atoms with Crippen LogP contribution < -0.4 is 9.47 Å². The standard InChI is InChI=1S/C30H39NO5/c1-20(32)30(2)19-31(29(33)18-35-16-21-8-5-4-6-9-21)15-26(30)22-12-13-27(34-3)28(14-22)36-17-25-23-10-7-11-24(23)25/h4-6,8-9,12-14,20,23-26,32H,7,10-11,15-19H2,1-3H3/t20-,23?,24?,25?,26?,30?/m1/s1. The molecule has 1 saturated heterocycles. The summed E-state index contributed by atoms with van der Waals surface area (Å²) in [5.41, 5.74) is 1.62. The van der Waals surface area contributed by atoms with Crippen LogP contribution in [0.1, 0.15) is 50.2 Å². The first-order valence-electron chi connectivity index (χ1n) is 13.3. The highest BCUT2D eigenvalue weighted by Gasteiger charge is 2.53. The van der Waals surface area contributed by atoms with Gasteiger partial charge in [-0.15, -0.1) is 0 Å². The zero-order chi connectivity index (χ0) is 25.3. The molecule has 0 aromatic heterocycles. The Morgan fingerprint density at radius 2 is 1.89 bits per heavy atom. The zero-order valence-electron chi connectivity index (χ0n) is 21.7. The van der Waals surface area contributed by atoms with Crippen LogP contribution in [0.5, 0.6) is 11.5 Å². The van der Waals surface area contributed by atoms with Crippen molar-refractivity contribution in [3.63, 3.8) is 0 Å². The molecule has 1 N–H and O–H groups in total. The van der Waals surface area contributed by atoms with E-state index in [4.69, 9.17) is 14.2 Å². The summed E-state index contributed by atoms with van der Waals surface area (Å²) in [6, 6.07) is 15.9. The first kappa shape index (κ1) is 25.1. The number of nitrogens with zero attached hydrogens (tertiary/aromatic N) is 1. The Morgan fingerprint density at radius 3 is 2.58 bits per heavy atom. The smallest absolute Gasteiger partial charge is 0.248 e. The molecule has 194 valence electrons. The SMILES string of the molecule is COc1ccc(C2CN(C(=O)COCc3ccccc3)CC2(C)[C@@H](C)O)cc1OCC1C2CCCC21. The molecule has 0 spiro atoms. The van der Waals surface area contributed by atoms with Gasteiger partial charge in [-0.2, -0.15) is 0 Å². The summed E-state index contributed by atoms with van der Waals surface area (Å²) in [7, 11) is 1.67. The summed E-state index contributed by atoms with van der Waals surface area (Å²) in [5.74, 6) is 3.76.